The molecule has 7 aromatic heterocycles. The molecule has 11 heterocycles. The fourth-order valence-electron chi connectivity index (χ4n) is 12.8. The van der Waals surface area contributed by atoms with E-state index in [-0.39, 0.29) is 48.1 Å². The third-order valence-electron chi connectivity index (χ3n) is 17.7. The summed E-state index contributed by atoms with van der Waals surface area (Å²) >= 11 is 0. The Labute approximate surface area is 559 Å². The van der Waals surface area contributed by atoms with Crippen LogP contribution in [0, 0.1) is 38.2 Å². The minimum absolute atomic E-state index is 0.0531. The molecule has 0 radical (unpaired) electrons. The number of fused-ring (bicyclic) bond motifs is 7. The summed E-state index contributed by atoms with van der Waals surface area (Å²) in [6.45, 7) is 8.99. The number of benzene rings is 5. The Balaban J connectivity index is 0.000000126. The second-order valence-electron chi connectivity index (χ2n) is 23.9. The SMILES string of the molecule is COC(=O)c1ccc(-c2cnc(NCc3c(F)ccc4c3CCO4)n3cc(C)nc23)cc1.COC(=O)c1ccc(-c2cnc(NCc3c(F)ccc4c3CCO4)n3cc(C)nc23)cn1.Cc1cn2c(NCc3c(F)ccc4c3CCO4)ncc(-c3ccc4c(c3)CCN(C)C4=O)c2n1. The van der Waals surface area contributed by atoms with E-state index in [0.29, 0.717) is 104 Å². The number of hydrogen-bond donors (Lipinski definition) is 3. The zero-order chi connectivity index (χ0) is 67.9. The van der Waals surface area contributed by atoms with E-state index < -0.39 is 5.97 Å². The predicted molar refractivity (Wildman–Crippen MR) is 359 cm³/mol. The van der Waals surface area contributed by atoms with Crippen LogP contribution in [0.15, 0.2) is 134 Å². The van der Waals surface area contributed by atoms with E-state index in [1.807, 2.05) is 83.9 Å². The number of esters is 2. The van der Waals surface area contributed by atoms with Crippen molar-refractivity contribution in [1.82, 2.24) is 53.0 Å². The van der Waals surface area contributed by atoms with Crippen molar-refractivity contribution in [2.45, 2.75) is 66.1 Å². The van der Waals surface area contributed by atoms with Gasteiger partial charge in [-0.05, 0) is 105 Å². The van der Waals surface area contributed by atoms with Crippen LogP contribution in [-0.4, -0.2) is 118 Å². The van der Waals surface area contributed by atoms with Crippen molar-refractivity contribution in [2.75, 3.05) is 63.6 Å². The number of aromatic nitrogens is 10. The molecule has 0 saturated carbocycles. The van der Waals surface area contributed by atoms with E-state index >= 15 is 0 Å². The molecule has 1 amide bonds. The van der Waals surface area contributed by atoms with Crippen molar-refractivity contribution >= 4 is 52.6 Å². The molecular formula is C73H65F3N14O8. The first-order valence-corrected chi connectivity index (χ1v) is 31.8. The Morgan fingerprint density at radius 3 is 1.34 bits per heavy atom. The van der Waals surface area contributed by atoms with Gasteiger partial charge in [-0.3, -0.25) is 18.0 Å². The summed E-state index contributed by atoms with van der Waals surface area (Å²) in [6.07, 6.45) is 15.3. The van der Waals surface area contributed by atoms with Crippen LogP contribution in [0.25, 0.3) is 50.3 Å². The van der Waals surface area contributed by atoms with Gasteiger partial charge < -0.3 is 44.5 Å². The highest BCUT2D eigenvalue weighted by molar-refractivity contribution is 5.97. The lowest BCUT2D eigenvalue weighted by Crippen LogP contribution is -2.34. The predicted octanol–water partition coefficient (Wildman–Crippen LogP) is 11.8. The number of likely N-dealkylation sites (N-methyl/N-ethyl adjacent to an activating group) is 1. The van der Waals surface area contributed by atoms with Crippen LogP contribution in [0.5, 0.6) is 17.2 Å². The topological polar surface area (TPSA) is 240 Å². The van der Waals surface area contributed by atoms with Gasteiger partial charge >= 0.3 is 11.9 Å². The van der Waals surface area contributed by atoms with Crippen LogP contribution in [0.3, 0.4) is 0 Å². The highest BCUT2D eigenvalue weighted by Gasteiger charge is 2.26. The lowest BCUT2D eigenvalue weighted by Gasteiger charge is -2.25. The second kappa shape index (κ2) is 26.7. The van der Waals surface area contributed by atoms with Crippen molar-refractivity contribution in [3.05, 3.63) is 225 Å². The number of aryl methyl sites for hydroxylation is 3. The van der Waals surface area contributed by atoms with E-state index in [1.54, 1.807) is 72.2 Å². The maximum atomic E-state index is 14.6. The fourth-order valence-corrected chi connectivity index (χ4v) is 12.8. The molecular weight excluding hydrogens is 1260 g/mol. The van der Waals surface area contributed by atoms with Gasteiger partial charge in [-0.25, -0.2) is 57.6 Å². The number of anilines is 3. The molecule has 4 aliphatic rings. The molecule has 0 spiro atoms. The summed E-state index contributed by atoms with van der Waals surface area (Å²) in [7, 11) is 4.49. The average Bonchev–Trinajstić information content (AvgIpc) is 1.59. The summed E-state index contributed by atoms with van der Waals surface area (Å²) in [6, 6.07) is 25.7. The zero-order valence-corrected chi connectivity index (χ0v) is 54.3. The lowest BCUT2D eigenvalue weighted by molar-refractivity contribution is 0.0588. The molecule has 4 aliphatic heterocycles. The molecule has 12 aromatic rings. The molecule has 496 valence electrons. The number of hydrogen-bond acceptors (Lipinski definition) is 18. The standard InChI is InChI=1S/C26H24FN5O2.C24H21FN4O3.C23H20FN5O3/c1-15-14-32-24(30-15)20(16-3-4-18-17(11-16)7-9-31(2)25(18)33)12-28-26(32)29-13-21-19-8-10-34-23(19)6-5-22(21)27;1-14-13-29-22(28-14)18(15-3-5-16(6-4-15)23(30)31-2)11-26-24(29)27-12-19-17-9-10-32-21(17)8-7-20(19)25;1-13-12-29-21(28-13)16(14-3-5-19(25-9-14)22(30)31-2)10-26-23(29)27-11-17-15-7-8-32-20(15)6-4-18(17)24/h3-6,11-12,14H,7-10,13H2,1-2H3,(H,28,29);3-8,11,13H,9-10,12H2,1-2H3,(H,26,27);3-6,9-10,12H,7-8,11H2,1-2H3,(H,26,27). The zero-order valence-electron chi connectivity index (χ0n) is 54.3. The largest absolute Gasteiger partial charge is 0.493 e. The third-order valence-corrected chi connectivity index (χ3v) is 17.7. The van der Waals surface area contributed by atoms with Crippen molar-refractivity contribution in [2.24, 2.45) is 0 Å². The molecule has 3 N–H and O–H groups in total. The molecule has 5 aromatic carbocycles. The van der Waals surface area contributed by atoms with Gasteiger partial charge in [-0.2, -0.15) is 0 Å². The van der Waals surface area contributed by atoms with Gasteiger partial charge in [-0.1, -0.05) is 30.3 Å². The van der Waals surface area contributed by atoms with Gasteiger partial charge in [-0.15, -0.1) is 0 Å². The fraction of sp³-hybridized carbons (Fsp3) is 0.233. The third kappa shape index (κ3) is 12.3. The van der Waals surface area contributed by atoms with Gasteiger partial charge in [0.2, 0.25) is 17.8 Å². The van der Waals surface area contributed by atoms with Crippen molar-refractivity contribution in [3.63, 3.8) is 0 Å². The molecule has 0 fully saturated rings. The van der Waals surface area contributed by atoms with Crippen LogP contribution in [0.4, 0.5) is 31.0 Å². The number of nitrogens with one attached hydrogen (secondary N) is 3. The number of nitrogens with zero attached hydrogens (tertiary/aromatic N) is 11. The minimum Gasteiger partial charge on any atom is -0.493 e. The minimum atomic E-state index is -0.499. The van der Waals surface area contributed by atoms with Gasteiger partial charge in [0.25, 0.3) is 5.91 Å². The molecule has 98 heavy (non-hydrogen) atoms. The monoisotopic (exact) mass is 1320 g/mol. The van der Waals surface area contributed by atoms with Crippen molar-refractivity contribution < 1.29 is 51.2 Å². The van der Waals surface area contributed by atoms with E-state index in [9.17, 15) is 27.6 Å². The maximum Gasteiger partial charge on any atom is 0.356 e. The molecule has 0 atom stereocenters. The first-order valence-electron chi connectivity index (χ1n) is 31.8. The summed E-state index contributed by atoms with van der Waals surface area (Å²) in [4.78, 5) is 69.5. The van der Waals surface area contributed by atoms with Crippen LogP contribution in [-0.2, 0) is 54.8 Å². The summed E-state index contributed by atoms with van der Waals surface area (Å²) in [5, 5.41) is 9.78. The normalized spacial score (nSPS) is 13.3. The highest BCUT2D eigenvalue weighted by atomic mass is 19.1. The average molecular weight is 1320 g/mol. The number of amides is 1. The molecule has 25 heteroatoms. The number of imidazole rings is 3. The summed E-state index contributed by atoms with van der Waals surface area (Å²) in [5.74, 6) is 2.30. The Hall–Kier alpha value is -11.9. The van der Waals surface area contributed by atoms with E-state index in [2.05, 4.69) is 51.9 Å². The number of methoxy groups -OCH3 is 2. The number of rotatable bonds is 14. The smallest absolute Gasteiger partial charge is 0.356 e. The molecule has 16 rings (SSSR count). The molecule has 0 bridgehead atoms. The summed E-state index contributed by atoms with van der Waals surface area (Å²) in [5.41, 5.74) is 16.7. The Bertz CT molecular complexity index is 4930. The van der Waals surface area contributed by atoms with Crippen LogP contribution in [0.2, 0.25) is 0 Å². The maximum absolute atomic E-state index is 14.6. The van der Waals surface area contributed by atoms with Gasteiger partial charge in [0, 0.05) is 157 Å². The Morgan fingerprint density at radius 2 is 0.908 bits per heavy atom. The molecule has 0 aliphatic carbocycles. The van der Waals surface area contributed by atoms with Crippen molar-refractivity contribution in [1.29, 1.82) is 0 Å². The lowest BCUT2D eigenvalue weighted by atomic mass is 9.95. The van der Waals surface area contributed by atoms with E-state index in [1.165, 1.54) is 32.4 Å². The number of carbonyl (C=O) groups excluding carboxylic acids is 3. The number of pyridine rings is 1. The van der Waals surface area contributed by atoms with E-state index in [0.717, 1.165) is 108 Å². The quantitative estimate of drug-likeness (QED) is 0.0857. The van der Waals surface area contributed by atoms with Crippen LogP contribution < -0.4 is 30.2 Å². The highest BCUT2D eigenvalue weighted by Crippen LogP contribution is 2.36. The number of halogens is 3. The number of ether oxygens (including phenoxy) is 5. The van der Waals surface area contributed by atoms with Gasteiger partial charge in [0.15, 0.2) is 0 Å². The van der Waals surface area contributed by atoms with Gasteiger partial charge in [0.1, 0.15) is 57.3 Å². The molecule has 22 nitrogen and oxygen atoms in total. The molecule has 0 saturated heterocycles. The van der Waals surface area contributed by atoms with Gasteiger partial charge in [0.05, 0.1) is 56.7 Å². The van der Waals surface area contributed by atoms with E-state index in [4.69, 9.17) is 28.7 Å². The first-order chi connectivity index (χ1) is 47.6. The van der Waals surface area contributed by atoms with Crippen molar-refractivity contribution in [3.8, 4) is 50.6 Å². The second-order valence-corrected chi connectivity index (χ2v) is 23.9. The first kappa shape index (κ1) is 63.5. The molecule has 0 unspecified atom stereocenters. The Kier molecular flexibility index (Phi) is 17.3. The Morgan fingerprint density at radius 1 is 0.490 bits per heavy atom. The van der Waals surface area contributed by atoms with Crippen LogP contribution >= 0.6 is 0 Å². The summed E-state index contributed by atoms with van der Waals surface area (Å²) < 4.78 is 75.3. The number of carbonyl (C=O) groups is 3. The van der Waals surface area contributed by atoms with Crippen LogP contribution in [0.1, 0.15) is 87.2 Å².